The summed E-state index contributed by atoms with van der Waals surface area (Å²) in [6.45, 7) is 3.00. The second-order valence-corrected chi connectivity index (χ2v) is 8.44. The fourth-order valence-electron chi connectivity index (χ4n) is 4.20. The Balaban J connectivity index is 1.41. The van der Waals surface area contributed by atoms with E-state index in [2.05, 4.69) is 26.9 Å². The van der Waals surface area contributed by atoms with Gasteiger partial charge < -0.3 is 14.2 Å². The van der Waals surface area contributed by atoms with Crippen molar-refractivity contribution in [1.82, 2.24) is 4.90 Å². The normalized spacial score (nSPS) is 19.7. The van der Waals surface area contributed by atoms with Crippen molar-refractivity contribution in [3.63, 3.8) is 0 Å². The molecule has 0 bridgehead atoms. The predicted octanol–water partition coefficient (Wildman–Crippen LogP) is 5.24. The summed E-state index contributed by atoms with van der Waals surface area (Å²) < 4.78 is 18.6. The smallest absolute Gasteiger partial charge is 0.270 e. The highest BCUT2D eigenvalue weighted by atomic mass is 79.9. The Bertz CT molecular complexity index is 1210. The molecule has 2 heterocycles. The standard InChI is InChI=1S/C24H21BrN2O5/c25-23-18-4-2-1-3-16(18)5-7-21(23)31-12-9-22-24(26-10-13-30-14-11-26)19-15-17(27(28)29)6-8-20(19)32-22/h1-9,15,24H,10-14H2/b22-9+/t24-/m0/s1. The molecular formula is C24H21BrN2O5. The Morgan fingerprint density at radius 2 is 1.97 bits per heavy atom. The van der Waals surface area contributed by atoms with Crippen LogP contribution in [0.5, 0.6) is 11.5 Å². The van der Waals surface area contributed by atoms with Gasteiger partial charge in [0, 0.05) is 30.8 Å². The molecule has 7 nitrogen and oxygen atoms in total. The Labute approximate surface area is 193 Å². The number of halogens is 1. The summed E-state index contributed by atoms with van der Waals surface area (Å²) in [5, 5.41) is 13.5. The third kappa shape index (κ3) is 3.97. The van der Waals surface area contributed by atoms with Crippen LogP contribution in [0.25, 0.3) is 10.8 Å². The molecule has 2 aliphatic rings. The molecule has 1 fully saturated rings. The first-order valence-electron chi connectivity index (χ1n) is 10.4. The second-order valence-electron chi connectivity index (χ2n) is 7.65. The molecule has 1 saturated heterocycles. The van der Waals surface area contributed by atoms with Crippen LogP contribution in [0.3, 0.4) is 0 Å². The first kappa shape index (κ1) is 20.9. The second kappa shape index (κ2) is 8.90. The molecule has 2 aliphatic heterocycles. The number of hydrogen-bond acceptors (Lipinski definition) is 6. The van der Waals surface area contributed by atoms with E-state index in [1.807, 2.05) is 36.4 Å². The quantitative estimate of drug-likeness (QED) is 0.355. The summed E-state index contributed by atoms with van der Waals surface area (Å²) in [5.74, 6) is 2.11. The molecule has 0 aliphatic carbocycles. The van der Waals surface area contributed by atoms with Crippen LogP contribution in [-0.2, 0) is 4.74 Å². The first-order valence-corrected chi connectivity index (χ1v) is 11.2. The van der Waals surface area contributed by atoms with Crippen LogP contribution in [-0.4, -0.2) is 42.7 Å². The van der Waals surface area contributed by atoms with E-state index in [1.165, 1.54) is 6.07 Å². The van der Waals surface area contributed by atoms with Crippen molar-refractivity contribution in [2.75, 3.05) is 32.9 Å². The van der Waals surface area contributed by atoms with E-state index in [0.717, 1.165) is 45.4 Å². The number of ether oxygens (including phenoxy) is 3. The number of fused-ring (bicyclic) bond motifs is 2. The van der Waals surface area contributed by atoms with E-state index in [9.17, 15) is 10.1 Å². The highest BCUT2D eigenvalue weighted by molar-refractivity contribution is 9.10. The van der Waals surface area contributed by atoms with E-state index >= 15 is 0 Å². The minimum Gasteiger partial charge on any atom is -0.488 e. The van der Waals surface area contributed by atoms with Crippen LogP contribution < -0.4 is 9.47 Å². The maximum atomic E-state index is 11.3. The van der Waals surface area contributed by atoms with Gasteiger partial charge in [0.15, 0.2) is 0 Å². The van der Waals surface area contributed by atoms with Crippen LogP contribution >= 0.6 is 15.9 Å². The summed E-state index contributed by atoms with van der Waals surface area (Å²) in [6, 6.07) is 16.6. The number of hydrogen-bond donors (Lipinski definition) is 0. The highest BCUT2D eigenvalue weighted by Crippen LogP contribution is 2.44. The lowest BCUT2D eigenvalue weighted by Gasteiger charge is -2.32. The average Bonchev–Trinajstić information content (AvgIpc) is 3.18. The minimum atomic E-state index is -0.376. The molecule has 1 atom stereocenters. The first-order chi connectivity index (χ1) is 15.6. The largest absolute Gasteiger partial charge is 0.488 e. The Kier molecular flexibility index (Phi) is 5.82. The summed E-state index contributed by atoms with van der Waals surface area (Å²) in [6.07, 6.45) is 1.91. The lowest BCUT2D eigenvalue weighted by Crippen LogP contribution is -2.39. The fraction of sp³-hybridized carbons (Fsp3) is 0.250. The molecule has 32 heavy (non-hydrogen) atoms. The number of benzene rings is 3. The fourth-order valence-corrected chi connectivity index (χ4v) is 4.80. The van der Waals surface area contributed by atoms with E-state index in [4.69, 9.17) is 14.2 Å². The van der Waals surface area contributed by atoms with E-state index in [0.29, 0.717) is 25.6 Å². The Hall–Kier alpha value is -2.94. The molecule has 0 radical (unpaired) electrons. The van der Waals surface area contributed by atoms with Gasteiger partial charge >= 0.3 is 0 Å². The molecular weight excluding hydrogens is 476 g/mol. The molecule has 0 N–H and O–H groups in total. The SMILES string of the molecule is O=[N+]([O-])c1ccc2c(c1)[C@H](N1CCOCC1)/C(=C\COc1ccc3ccccc3c1Br)O2. The third-order valence-corrected chi connectivity index (χ3v) is 6.58. The number of nitro groups is 1. The van der Waals surface area contributed by atoms with Crippen LogP contribution in [0, 0.1) is 10.1 Å². The van der Waals surface area contributed by atoms with Crippen molar-refractivity contribution >= 4 is 32.4 Å². The molecule has 3 aromatic rings. The zero-order valence-corrected chi connectivity index (χ0v) is 18.8. The molecule has 0 unspecified atom stereocenters. The molecule has 0 aromatic heterocycles. The van der Waals surface area contributed by atoms with Gasteiger partial charge in [0.25, 0.3) is 5.69 Å². The average molecular weight is 497 g/mol. The van der Waals surface area contributed by atoms with E-state index < -0.39 is 0 Å². The van der Waals surface area contributed by atoms with Gasteiger partial charge in [-0.15, -0.1) is 0 Å². The lowest BCUT2D eigenvalue weighted by molar-refractivity contribution is -0.384. The molecule has 0 saturated carbocycles. The summed E-state index contributed by atoms with van der Waals surface area (Å²) in [7, 11) is 0. The number of morpholine rings is 1. The van der Waals surface area contributed by atoms with Crippen LogP contribution in [0.15, 0.2) is 70.9 Å². The highest BCUT2D eigenvalue weighted by Gasteiger charge is 2.36. The number of rotatable bonds is 5. The summed E-state index contributed by atoms with van der Waals surface area (Å²) in [5.41, 5.74) is 0.863. The lowest BCUT2D eigenvalue weighted by atomic mass is 10.0. The molecule has 164 valence electrons. The van der Waals surface area contributed by atoms with Gasteiger partial charge in [-0.05, 0) is 44.9 Å². The third-order valence-electron chi connectivity index (χ3n) is 5.76. The monoisotopic (exact) mass is 496 g/mol. The Morgan fingerprint density at radius 1 is 1.16 bits per heavy atom. The molecule has 3 aromatic carbocycles. The van der Waals surface area contributed by atoms with E-state index in [-0.39, 0.29) is 16.7 Å². The topological polar surface area (TPSA) is 74.1 Å². The van der Waals surface area contributed by atoms with Crippen LogP contribution in [0.4, 0.5) is 5.69 Å². The molecule has 5 rings (SSSR count). The van der Waals surface area contributed by atoms with Crippen molar-refractivity contribution in [2.45, 2.75) is 6.04 Å². The van der Waals surface area contributed by atoms with Gasteiger partial charge in [-0.1, -0.05) is 30.3 Å². The van der Waals surface area contributed by atoms with Crippen LogP contribution in [0.1, 0.15) is 11.6 Å². The summed E-state index contributed by atoms with van der Waals surface area (Å²) in [4.78, 5) is 13.2. The maximum absolute atomic E-state index is 11.3. The number of non-ortho nitro benzene ring substituents is 1. The predicted molar refractivity (Wildman–Crippen MR) is 124 cm³/mol. The van der Waals surface area contributed by atoms with Gasteiger partial charge in [0.05, 0.1) is 28.7 Å². The van der Waals surface area contributed by atoms with Crippen molar-refractivity contribution in [1.29, 1.82) is 0 Å². The maximum Gasteiger partial charge on any atom is 0.270 e. The Morgan fingerprint density at radius 3 is 2.78 bits per heavy atom. The molecule has 0 spiro atoms. The van der Waals surface area contributed by atoms with Gasteiger partial charge in [-0.25, -0.2) is 0 Å². The van der Waals surface area contributed by atoms with Crippen molar-refractivity contribution < 1.29 is 19.1 Å². The van der Waals surface area contributed by atoms with Gasteiger partial charge in [0.2, 0.25) is 0 Å². The van der Waals surface area contributed by atoms with Crippen molar-refractivity contribution in [3.8, 4) is 11.5 Å². The zero-order chi connectivity index (χ0) is 22.1. The molecule has 0 amide bonds. The van der Waals surface area contributed by atoms with Crippen molar-refractivity contribution in [2.24, 2.45) is 0 Å². The van der Waals surface area contributed by atoms with Gasteiger partial charge in [-0.3, -0.25) is 15.0 Å². The number of nitrogens with zero attached hydrogens (tertiary/aromatic N) is 2. The number of nitro benzene ring substituents is 1. The van der Waals surface area contributed by atoms with Crippen molar-refractivity contribution in [3.05, 3.63) is 86.6 Å². The molecule has 8 heteroatoms. The summed E-state index contributed by atoms with van der Waals surface area (Å²) >= 11 is 3.65. The zero-order valence-electron chi connectivity index (χ0n) is 17.2. The van der Waals surface area contributed by atoms with Gasteiger partial charge in [0.1, 0.15) is 23.9 Å². The van der Waals surface area contributed by atoms with Crippen LogP contribution in [0.2, 0.25) is 0 Å². The minimum absolute atomic E-state index is 0.0585. The van der Waals surface area contributed by atoms with E-state index in [1.54, 1.807) is 12.1 Å². The van der Waals surface area contributed by atoms with Gasteiger partial charge in [-0.2, -0.15) is 0 Å².